The van der Waals surface area contributed by atoms with Crippen LogP contribution in [0.1, 0.15) is 30.4 Å². The molecular weight excluding hydrogens is 306 g/mol. The molecule has 7 nitrogen and oxygen atoms in total. The molecule has 22 heavy (non-hydrogen) atoms. The number of amides is 3. The zero-order valence-electron chi connectivity index (χ0n) is 12.9. The molecule has 1 aromatic rings. The molecule has 0 aliphatic carbocycles. The quantitative estimate of drug-likeness (QED) is 0.682. The van der Waals surface area contributed by atoms with Crippen LogP contribution < -0.4 is 16.0 Å². The second-order valence-electron chi connectivity index (χ2n) is 5.44. The monoisotopic (exact) mass is 327 g/mol. The molecule has 3 amide bonds. The van der Waals surface area contributed by atoms with Crippen LogP contribution in [0.25, 0.3) is 0 Å². The van der Waals surface area contributed by atoms with Crippen LogP contribution in [0.5, 0.6) is 0 Å². The van der Waals surface area contributed by atoms with Gasteiger partial charge < -0.3 is 20.7 Å². The van der Waals surface area contributed by atoms with Crippen LogP contribution in [0, 0.1) is 0 Å². The summed E-state index contributed by atoms with van der Waals surface area (Å²) in [4.78, 5) is 35.1. The van der Waals surface area contributed by atoms with Gasteiger partial charge in [-0.05, 0) is 32.2 Å². The molecule has 0 saturated heterocycles. The van der Waals surface area contributed by atoms with Crippen molar-refractivity contribution in [2.24, 2.45) is 0 Å². The Bertz CT molecular complexity index is 509. The molecular formula is C14H21N3O4S. The number of ether oxygens (including phenoxy) is 1. The van der Waals surface area contributed by atoms with Crippen molar-refractivity contribution in [3.05, 3.63) is 22.4 Å². The lowest BCUT2D eigenvalue weighted by atomic mass is 10.2. The number of thiophene rings is 1. The number of carbonyl (C=O) groups is 3. The highest BCUT2D eigenvalue weighted by molar-refractivity contribution is 7.12. The second kappa shape index (κ2) is 8.38. The number of rotatable bonds is 6. The molecule has 0 atom stereocenters. The number of hydrogen-bond donors (Lipinski definition) is 3. The maximum absolute atomic E-state index is 11.6. The third kappa shape index (κ3) is 7.63. The first kappa shape index (κ1) is 18.0. The molecule has 122 valence electrons. The highest BCUT2D eigenvalue weighted by atomic mass is 32.1. The lowest BCUT2D eigenvalue weighted by Crippen LogP contribution is -2.41. The van der Waals surface area contributed by atoms with E-state index in [1.54, 1.807) is 32.9 Å². The summed E-state index contributed by atoms with van der Waals surface area (Å²) in [6, 6.07) is 3.52. The van der Waals surface area contributed by atoms with Crippen molar-refractivity contribution < 1.29 is 19.1 Å². The van der Waals surface area contributed by atoms with Gasteiger partial charge in [-0.3, -0.25) is 9.59 Å². The average molecular weight is 327 g/mol. The molecule has 1 rings (SSSR count). The molecule has 3 N–H and O–H groups in total. The lowest BCUT2D eigenvalue weighted by molar-refractivity contribution is -0.120. The minimum Gasteiger partial charge on any atom is -0.444 e. The fourth-order valence-electron chi connectivity index (χ4n) is 1.40. The zero-order chi connectivity index (χ0) is 16.6. The largest absolute Gasteiger partial charge is 0.444 e. The van der Waals surface area contributed by atoms with E-state index < -0.39 is 11.7 Å². The van der Waals surface area contributed by atoms with E-state index in [9.17, 15) is 14.4 Å². The molecule has 8 heteroatoms. The van der Waals surface area contributed by atoms with Crippen molar-refractivity contribution in [1.29, 1.82) is 0 Å². The summed E-state index contributed by atoms with van der Waals surface area (Å²) in [5.74, 6) is -0.521. The third-order valence-corrected chi connectivity index (χ3v) is 3.14. The molecule has 1 heterocycles. The van der Waals surface area contributed by atoms with Crippen LogP contribution in [-0.2, 0) is 9.53 Å². The van der Waals surface area contributed by atoms with E-state index >= 15 is 0 Å². The Kier molecular flexibility index (Phi) is 6.84. The van der Waals surface area contributed by atoms with E-state index in [2.05, 4.69) is 16.0 Å². The maximum atomic E-state index is 11.6. The summed E-state index contributed by atoms with van der Waals surface area (Å²) < 4.78 is 5.00. The van der Waals surface area contributed by atoms with Crippen molar-refractivity contribution in [3.63, 3.8) is 0 Å². The highest BCUT2D eigenvalue weighted by Gasteiger charge is 2.16. The SMILES string of the molecule is CC(C)(C)OC(=O)NCC(=O)NCCNC(=O)c1cccs1. The van der Waals surface area contributed by atoms with Gasteiger partial charge in [0.2, 0.25) is 5.91 Å². The molecule has 0 spiro atoms. The number of alkyl carbamates (subject to hydrolysis) is 1. The van der Waals surface area contributed by atoms with Crippen LogP contribution in [0.15, 0.2) is 17.5 Å². The van der Waals surface area contributed by atoms with E-state index in [-0.39, 0.29) is 24.9 Å². The van der Waals surface area contributed by atoms with Gasteiger partial charge in [0, 0.05) is 13.1 Å². The van der Waals surface area contributed by atoms with E-state index in [0.717, 1.165) is 0 Å². The molecule has 0 unspecified atom stereocenters. The van der Waals surface area contributed by atoms with Crippen molar-refractivity contribution >= 4 is 29.2 Å². The Hall–Kier alpha value is -2.09. The van der Waals surface area contributed by atoms with Gasteiger partial charge in [0.05, 0.1) is 11.4 Å². The first-order valence-corrected chi connectivity index (χ1v) is 7.71. The smallest absolute Gasteiger partial charge is 0.408 e. The van der Waals surface area contributed by atoms with Crippen molar-refractivity contribution in [3.8, 4) is 0 Å². The number of hydrogen-bond acceptors (Lipinski definition) is 5. The van der Waals surface area contributed by atoms with Crippen LogP contribution in [-0.4, -0.2) is 43.1 Å². The minimum atomic E-state index is -0.645. The van der Waals surface area contributed by atoms with Crippen molar-refractivity contribution in [1.82, 2.24) is 16.0 Å². The first-order chi connectivity index (χ1) is 10.3. The van der Waals surface area contributed by atoms with Gasteiger partial charge in [0.15, 0.2) is 0 Å². The Balaban J connectivity index is 2.11. The lowest BCUT2D eigenvalue weighted by Gasteiger charge is -2.19. The Labute approximate surface area is 133 Å². The van der Waals surface area contributed by atoms with Gasteiger partial charge in [-0.15, -0.1) is 11.3 Å². The van der Waals surface area contributed by atoms with Gasteiger partial charge in [-0.25, -0.2) is 4.79 Å². The second-order valence-corrected chi connectivity index (χ2v) is 6.39. The Morgan fingerprint density at radius 2 is 1.82 bits per heavy atom. The van der Waals surface area contributed by atoms with E-state index in [4.69, 9.17) is 4.74 Å². The summed E-state index contributed by atoms with van der Waals surface area (Å²) in [7, 11) is 0. The van der Waals surface area contributed by atoms with Crippen LogP contribution in [0.3, 0.4) is 0 Å². The topological polar surface area (TPSA) is 96.5 Å². The number of carbonyl (C=O) groups excluding carboxylic acids is 3. The zero-order valence-corrected chi connectivity index (χ0v) is 13.7. The van der Waals surface area contributed by atoms with Crippen LogP contribution in [0.4, 0.5) is 4.79 Å². The van der Waals surface area contributed by atoms with Gasteiger partial charge in [-0.1, -0.05) is 6.07 Å². The Morgan fingerprint density at radius 1 is 1.14 bits per heavy atom. The van der Waals surface area contributed by atoms with Crippen molar-refractivity contribution in [2.75, 3.05) is 19.6 Å². The normalized spacial score (nSPS) is 10.7. The standard InChI is InChI=1S/C14H21N3O4S/c1-14(2,3)21-13(20)17-9-11(18)15-6-7-16-12(19)10-5-4-8-22-10/h4-5,8H,6-7,9H2,1-3H3,(H,15,18)(H,16,19)(H,17,20). The van der Waals surface area contributed by atoms with Gasteiger partial charge in [0.1, 0.15) is 5.60 Å². The molecule has 0 bridgehead atoms. The molecule has 0 aliphatic rings. The molecule has 0 radical (unpaired) electrons. The van der Waals surface area contributed by atoms with Gasteiger partial charge >= 0.3 is 6.09 Å². The fraction of sp³-hybridized carbons (Fsp3) is 0.500. The number of nitrogens with one attached hydrogen (secondary N) is 3. The fourth-order valence-corrected chi connectivity index (χ4v) is 2.04. The minimum absolute atomic E-state index is 0.170. The summed E-state index contributed by atoms with van der Waals surface area (Å²) in [5.41, 5.74) is -0.605. The van der Waals surface area contributed by atoms with Crippen LogP contribution in [0.2, 0.25) is 0 Å². The van der Waals surface area contributed by atoms with Crippen LogP contribution >= 0.6 is 11.3 Å². The Morgan fingerprint density at radius 3 is 2.41 bits per heavy atom. The molecule has 0 aliphatic heterocycles. The molecule has 1 aromatic heterocycles. The van der Waals surface area contributed by atoms with E-state index in [1.807, 2.05) is 5.38 Å². The van der Waals surface area contributed by atoms with Gasteiger partial charge in [0.25, 0.3) is 5.91 Å². The van der Waals surface area contributed by atoms with E-state index in [1.165, 1.54) is 11.3 Å². The first-order valence-electron chi connectivity index (χ1n) is 6.83. The highest BCUT2D eigenvalue weighted by Crippen LogP contribution is 2.07. The summed E-state index contributed by atoms with van der Waals surface area (Å²) >= 11 is 1.35. The summed E-state index contributed by atoms with van der Waals surface area (Å²) in [6.45, 7) is 5.64. The summed E-state index contributed by atoms with van der Waals surface area (Å²) in [6.07, 6.45) is -0.645. The molecule has 0 saturated carbocycles. The van der Waals surface area contributed by atoms with Gasteiger partial charge in [-0.2, -0.15) is 0 Å². The predicted octanol–water partition coefficient (Wildman–Crippen LogP) is 1.12. The third-order valence-electron chi connectivity index (χ3n) is 2.27. The maximum Gasteiger partial charge on any atom is 0.408 e. The predicted molar refractivity (Wildman–Crippen MR) is 83.9 cm³/mol. The molecule has 0 aromatic carbocycles. The van der Waals surface area contributed by atoms with E-state index in [0.29, 0.717) is 11.4 Å². The molecule has 0 fully saturated rings. The van der Waals surface area contributed by atoms with Crippen molar-refractivity contribution in [2.45, 2.75) is 26.4 Å². The average Bonchev–Trinajstić information content (AvgIpc) is 2.93. The summed E-state index contributed by atoms with van der Waals surface area (Å²) in [5, 5.41) is 9.43.